The summed E-state index contributed by atoms with van der Waals surface area (Å²) in [6.45, 7) is 5.89. The minimum absolute atomic E-state index is 0.184. The lowest BCUT2D eigenvalue weighted by atomic mass is 9.97. The van der Waals surface area contributed by atoms with Crippen LogP contribution >= 0.6 is 0 Å². The average molecular weight is 433 g/mol. The fourth-order valence-corrected chi connectivity index (χ4v) is 2.70. The highest BCUT2D eigenvalue weighted by Gasteiger charge is 2.13. The second-order valence-corrected chi connectivity index (χ2v) is 6.65. The lowest BCUT2D eigenvalue weighted by Crippen LogP contribution is -2.15. The zero-order valence-electron chi connectivity index (χ0n) is 19.1. The Morgan fingerprint density at radius 3 is 2.31 bits per heavy atom. The van der Waals surface area contributed by atoms with Crippen LogP contribution in [-0.2, 0) is 11.2 Å². The van der Waals surface area contributed by atoms with Gasteiger partial charge in [-0.05, 0) is 38.5 Å². The van der Waals surface area contributed by atoms with Gasteiger partial charge < -0.3 is 16.5 Å². The minimum atomic E-state index is -0.184. The summed E-state index contributed by atoms with van der Waals surface area (Å²) in [7, 11) is 1.68. The summed E-state index contributed by atoms with van der Waals surface area (Å²) in [6.07, 6.45) is 12.1. The standard InChI is InChI=1S/C22H24N4O2.C4H8/c1-3-4-10-17(14-25-24-2)22-18(15-27)12-19(13-20(22)23)26-21(28)11-16-8-6-5-7-9-16;1-3-4-2/h3-10,12-15,24H,11,23H2,1-2H3,(H,26,28);3-4H,1-2H3/b4-3+,17-10+,25-14-;4-3-. The van der Waals surface area contributed by atoms with Crippen LogP contribution < -0.4 is 16.5 Å². The molecule has 1 amide bonds. The number of benzene rings is 2. The van der Waals surface area contributed by atoms with E-state index >= 15 is 0 Å². The van der Waals surface area contributed by atoms with Gasteiger partial charge in [-0.25, -0.2) is 0 Å². The largest absolute Gasteiger partial charge is 0.398 e. The van der Waals surface area contributed by atoms with E-state index in [1.165, 1.54) is 0 Å². The van der Waals surface area contributed by atoms with E-state index in [-0.39, 0.29) is 12.3 Å². The van der Waals surface area contributed by atoms with Crippen molar-refractivity contribution in [2.45, 2.75) is 27.2 Å². The maximum Gasteiger partial charge on any atom is 0.228 e. The van der Waals surface area contributed by atoms with E-state index in [0.717, 1.165) is 11.8 Å². The fourth-order valence-electron chi connectivity index (χ4n) is 2.70. The zero-order chi connectivity index (χ0) is 23.8. The molecule has 0 aliphatic rings. The van der Waals surface area contributed by atoms with Gasteiger partial charge in [0.1, 0.15) is 0 Å². The first-order valence-corrected chi connectivity index (χ1v) is 10.3. The number of hydrogen-bond acceptors (Lipinski definition) is 5. The first-order chi connectivity index (χ1) is 15.5. The molecule has 0 aliphatic carbocycles. The number of aldehydes is 1. The van der Waals surface area contributed by atoms with Gasteiger partial charge in [0, 0.05) is 35.1 Å². The molecule has 0 heterocycles. The first kappa shape index (κ1) is 26.1. The Hall–Kier alpha value is -3.93. The van der Waals surface area contributed by atoms with E-state index < -0.39 is 0 Å². The number of hydrogen-bond donors (Lipinski definition) is 3. The molecular formula is C26H32N4O2. The Labute approximate surface area is 190 Å². The summed E-state index contributed by atoms with van der Waals surface area (Å²) in [5.41, 5.74) is 12.2. The lowest BCUT2D eigenvalue weighted by molar-refractivity contribution is -0.115. The monoisotopic (exact) mass is 432 g/mol. The Morgan fingerprint density at radius 2 is 1.75 bits per heavy atom. The number of nitrogens with two attached hydrogens (primary N) is 1. The molecule has 0 aromatic heterocycles. The minimum Gasteiger partial charge on any atom is -0.398 e. The molecule has 2 rings (SSSR count). The highest BCUT2D eigenvalue weighted by atomic mass is 16.1. The van der Waals surface area contributed by atoms with E-state index in [0.29, 0.717) is 28.1 Å². The van der Waals surface area contributed by atoms with Gasteiger partial charge in [0.2, 0.25) is 5.91 Å². The third-order valence-corrected chi connectivity index (χ3v) is 4.24. The summed E-state index contributed by atoms with van der Waals surface area (Å²) < 4.78 is 0. The number of nitrogen functional groups attached to an aromatic ring is 1. The molecule has 0 unspecified atom stereocenters. The molecule has 168 valence electrons. The summed E-state index contributed by atoms with van der Waals surface area (Å²) in [4.78, 5) is 24.0. The fraction of sp³-hybridized carbons (Fsp3) is 0.192. The van der Waals surface area contributed by atoms with Gasteiger partial charge in [-0.1, -0.05) is 60.7 Å². The number of amides is 1. The number of allylic oxidation sites excluding steroid dienone is 6. The van der Waals surface area contributed by atoms with Gasteiger partial charge in [-0.15, -0.1) is 0 Å². The Balaban J connectivity index is 0.00000118. The molecule has 6 heteroatoms. The van der Waals surface area contributed by atoms with Crippen LogP contribution in [0.1, 0.15) is 42.3 Å². The molecule has 0 aliphatic heterocycles. The van der Waals surface area contributed by atoms with E-state index in [1.807, 2.05) is 81.5 Å². The molecule has 6 nitrogen and oxygen atoms in total. The van der Waals surface area contributed by atoms with Gasteiger partial charge in [0.05, 0.1) is 12.6 Å². The zero-order valence-corrected chi connectivity index (χ0v) is 19.1. The van der Waals surface area contributed by atoms with Crippen molar-refractivity contribution in [3.63, 3.8) is 0 Å². The van der Waals surface area contributed by atoms with Crippen molar-refractivity contribution in [3.05, 3.63) is 89.5 Å². The molecule has 2 aromatic carbocycles. The molecule has 0 radical (unpaired) electrons. The molecule has 0 saturated carbocycles. The maximum absolute atomic E-state index is 12.3. The quantitative estimate of drug-likeness (QED) is 0.136. The Bertz CT molecular complexity index is 986. The van der Waals surface area contributed by atoms with Gasteiger partial charge in [0.25, 0.3) is 0 Å². The summed E-state index contributed by atoms with van der Waals surface area (Å²) >= 11 is 0. The number of anilines is 2. The van der Waals surface area contributed by atoms with Crippen LogP contribution in [0.4, 0.5) is 11.4 Å². The Morgan fingerprint density at radius 1 is 1.06 bits per heavy atom. The second-order valence-electron chi connectivity index (χ2n) is 6.65. The van der Waals surface area contributed by atoms with Crippen LogP contribution in [-0.4, -0.2) is 25.5 Å². The van der Waals surface area contributed by atoms with Crippen molar-refractivity contribution >= 4 is 35.4 Å². The summed E-state index contributed by atoms with van der Waals surface area (Å²) in [6, 6.07) is 12.7. The van der Waals surface area contributed by atoms with Crippen LogP contribution in [0.2, 0.25) is 0 Å². The number of nitrogens with one attached hydrogen (secondary N) is 2. The molecule has 0 atom stereocenters. The SMILES string of the molecule is C/C=C/C=C(\C=N/NC)c1c(N)cc(NC(=O)Cc2ccccc2)cc1C=O.C/C=C\C. The smallest absolute Gasteiger partial charge is 0.228 e. The van der Waals surface area contributed by atoms with Crippen molar-refractivity contribution in [1.29, 1.82) is 0 Å². The van der Waals surface area contributed by atoms with Crippen LogP contribution in [0.5, 0.6) is 0 Å². The molecule has 32 heavy (non-hydrogen) atoms. The van der Waals surface area contributed by atoms with Crippen LogP contribution in [0.3, 0.4) is 0 Å². The topological polar surface area (TPSA) is 96.6 Å². The summed E-state index contributed by atoms with van der Waals surface area (Å²) in [5.74, 6) is -0.184. The highest BCUT2D eigenvalue weighted by Crippen LogP contribution is 2.28. The second kappa shape index (κ2) is 15.0. The van der Waals surface area contributed by atoms with Gasteiger partial charge in [-0.2, -0.15) is 5.10 Å². The van der Waals surface area contributed by atoms with E-state index in [1.54, 1.807) is 25.4 Å². The lowest BCUT2D eigenvalue weighted by Gasteiger charge is -2.13. The first-order valence-electron chi connectivity index (χ1n) is 10.3. The van der Waals surface area contributed by atoms with Crippen molar-refractivity contribution in [2.75, 3.05) is 18.1 Å². The van der Waals surface area contributed by atoms with Crippen molar-refractivity contribution in [1.82, 2.24) is 5.43 Å². The molecule has 4 N–H and O–H groups in total. The van der Waals surface area contributed by atoms with Crippen molar-refractivity contribution in [3.8, 4) is 0 Å². The summed E-state index contributed by atoms with van der Waals surface area (Å²) in [5, 5.41) is 6.82. The number of rotatable bonds is 8. The third kappa shape index (κ3) is 8.83. The highest BCUT2D eigenvalue weighted by molar-refractivity contribution is 6.15. The predicted molar refractivity (Wildman–Crippen MR) is 136 cm³/mol. The van der Waals surface area contributed by atoms with Gasteiger partial charge in [-0.3, -0.25) is 9.59 Å². The van der Waals surface area contributed by atoms with Crippen molar-refractivity contribution < 1.29 is 9.59 Å². The maximum atomic E-state index is 12.3. The molecule has 0 saturated heterocycles. The number of hydrazone groups is 1. The molecule has 0 bridgehead atoms. The van der Waals surface area contributed by atoms with E-state index in [4.69, 9.17) is 5.73 Å². The van der Waals surface area contributed by atoms with Gasteiger partial charge in [0.15, 0.2) is 6.29 Å². The number of nitrogens with zero attached hydrogens (tertiary/aromatic N) is 1. The van der Waals surface area contributed by atoms with E-state index in [9.17, 15) is 9.59 Å². The number of carbonyl (C=O) groups excluding carboxylic acids is 2. The third-order valence-electron chi connectivity index (χ3n) is 4.24. The number of carbonyl (C=O) groups is 2. The average Bonchev–Trinajstić information content (AvgIpc) is 2.80. The van der Waals surface area contributed by atoms with E-state index in [2.05, 4.69) is 15.8 Å². The predicted octanol–water partition coefficient (Wildman–Crippen LogP) is 5.01. The normalized spacial score (nSPS) is 11.4. The van der Waals surface area contributed by atoms with Crippen molar-refractivity contribution in [2.24, 2.45) is 5.10 Å². The molecule has 2 aromatic rings. The van der Waals surface area contributed by atoms with Crippen LogP contribution in [0.15, 0.2) is 77.9 Å². The molecule has 0 fully saturated rings. The van der Waals surface area contributed by atoms with Crippen LogP contribution in [0.25, 0.3) is 5.57 Å². The van der Waals surface area contributed by atoms with Crippen LogP contribution in [0, 0.1) is 0 Å². The van der Waals surface area contributed by atoms with Gasteiger partial charge >= 0.3 is 0 Å². The molecule has 0 spiro atoms. The Kier molecular flexibility index (Phi) is 12.2. The molecular weight excluding hydrogens is 400 g/mol.